The van der Waals surface area contributed by atoms with Crippen LogP contribution in [-0.4, -0.2) is 12.1 Å². The Labute approximate surface area is 91.4 Å². The van der Waals surface area contributed by atoms with Crippen LogP contribution in [0.15, 0.2) is 22.7 Å². The van der Waals surface area contributed by atoms with E-state index in [0.29, 0.717) is 0 Å². The van der Waals surface area contributed by atoms with Crippen molar-refractivity contribution >= 4 is 26.8 Å². The van der Waals surface area contributed by atoms with Crippen molar-refractivity contribution in [3.05, 3.63) is 28.4 Å². The van der Waals surface area contributed by atoms with Gasteiger partial charge in [0.05, 0.1) is 7.11 Å². The van der Waals surface area contributed by atoms with Crippen molar-refractivity contribution in [2.24, 2.45) is 0 Å². The summed E-state index contributed by atoms with van der Waals surface area (Å²) < 4.78 is 6.33. The average Bonchev–Trinajstić information content (AvgIpc) is 2.55. The summed E-state index contributed by atoms with van der Waals surface area (Å²) in [5.74, 6) is 0.889. The Bertz CT molecular complexity index is 462. The number of nitrogens with one attached hydrogen (secondary N) is 1. The molecule has 74 valence electrons. The molecule has 1 aromatic heterocycles. The Morgan fingerprint density at radius 3 is 2.86 bits per heavy atom. The molecule has 0 saturated carbocycles. The molecule has 0 aliphatic carbocycles. The first-order valence-electron chi connectivity index (χ1n) is 4.60. The molecule has 0 bridgehead atoms. The van der Waals surface area contributed by atoms with Gasteiger partial charge in [0, 0.05) is 21.1 Å². The Balaban J connectivity index is 2.68. The normalized spacial score (nSPS) is 10.8. The molecule has 0 fully saturated rings. The Morgan fingerprint density at radius 1 is 1.43 bits per heavy atom. The largest absolute Gasteiger partial charge is 0.497 e. The zero-order valence-corrected chi connectivity index (χ0v) is 9.81. The fourth-order valence-corrected chi connectivity index (χ4v) is 2.27. The van der Waals surface area contributed by atoms with Crippen molar-refractivity contribution in [2.75, 3.05) is 7.11 Å². The number of halogens is 1. The lowest BCUT2D eigenvalue weighted by Gasteiger charge is -1.98. The van der Waals surface area contributed by atoms with E-state index < -0.39 is 0 Å². The second kappa shape index (κ2) is 3.65. The van der Waals surface area contributed by atoms with Gasteiger partial charge >= 0.3 is 0 Å². The molecule has 0 unspecified atom stereocenters. The molecule has 3 heteroatoms. The molecule has 1 N–H and O–H groups in total. The third kappa shape index (κ3) is 1.42. The molecular weight excluding hydrogens is 242 g/mol. The number of ether oxygens (including phenoxy) is 1. The zero-order chi connectivity index (χ0) is 10.1. The van der Waals surface area contributed by atoms with Gasteiger partial charge in [-0.25, -0.2) is 0 Å². The van der Waals surface area contributed by atoms with Gasteiger partial charge in [-0.15, -0.1) is 0 Å². The van der Waals surface area contributed by atoms with Crippen LogP contribution in [-0.2, 0) is 6.42 Å². The van der Waals surface area contributed by atoms with Crippen LogP contribution in [0.5, 0.6) is 5.75 Å². The van der Waals surface area contributed by atoms with Crippen molar-refractivity contribution in [1.29, 1.82) is 0 Å². The Hall–Kier alpha value is -0.960. The number of hydrogen-bond acceptors (Lipinski definition) is 1. The first kappa shape index (κ1) is 9.59. The number of hydrogen-bond donors (Lipinski definition) is 1. The summed E-state index contributed by atoms with van der Waals surface area (Å²) >= 11 is 3.59. The SMILES string of the molecule is CCc1[nH]c2ccc(OC)cc2c1Br. The van der Waals surface area contributed by atoms with Crippen LogP contribution in [0.25, 0.3) is 10.9 Å². The van der Waals surface area contributed by atoms with E-state index in [-0.39, 0.29) is 0 Å². The molecule has 0 aliphatic heterocycles. The number of aromatic amines is 1. The van der Waals surface area contributed by atoms with E-state index in [1.807, 2.05) is 18.2 Å². The molecule has 0 radical (unpaired) electrons. The third-order valence-corrected chi connectivity index (χ3v) is 3.27. The van der Waals surface area contributed by atoms with Gasteiger partial charge in [0.1, 0.15) is 5.75 Å². The number of aromatic nitrogens is 1. The van der Waals surface area contributed by atoms with Crippen LogP contribution in [0.2, 0.25) is 0 Å². The van der Waals surface area contributed by atoms with E-state index in [2.05, 4.69) is 27.8 Å². The minimum atomic E-state index is 0.889. The van der Waals surface area contributed by atoms with E-state index in [0.717, 1.165) is 22.2 Å². The molecule has 0 aliphatic rings. The highest BCUT2D eigenvalue weighted by Crippen LogP contribution is 2.30. The van der Waals surface area contributed by atoms with E-state index in [4.69, 9.17) is 4.74 Å². The first-order chi connectivity index (χ1) is 6.76. The summed E-state index contributed by atoms with van der Waals surface area (Å²) in [6.45, 7) is 2.13. The standard InChI is InChI=1S/C11H12BrNO/c1-3-9-11(12)8-6-7(14-2)4-5-10(8)13-9/h4-6,13H,3H2,1-2H3. The topological polar surface area (TPSA) is 25.0 Å². The van der Waals surface area contributed by atoms with Crippen LogP contribution >= 0.6 is 15.9 Å². The van der Waals surface area contributed by atoms with Gasteiger partial charge in [-0.3, -0.25) is 0 Å². The van der Waals surface area contributed by atoms with Crippen molar-refractivity contribution < 1.29 is 4.74 Å². The highest BCUT2D eigenvalue weighted by Gasteiger charge is 2.07. The van der Waals surface area contributed by atoms with Crippen molar-refractivity contribution in [3.63, 3.8) is 0 Å². The van der Waals surface area contributed by atoms with Crippen LogP contribution in [0.3, 0.4) is 0 Å². The fraction of sp³-hybridized carbons (Fsp3) is 0.273. The highest BCUT2D eigenvalue weighted by molar-refractivity contribution is 9.10. The summed E-state index contributed by atoms with van der Waals surface area (Å²) in [6, 6.07) is 6.04. The Kier molecular flexibility index (Phi) is 2.50. The maximum atomic E-state index is 5.19. The van der Waals surface area contributed by atoms with Crippen LogP contribution in [0, 0.1) is 0 Å². The number of H-pyrrole nitrogens is 1. The molecule has 0 saturated heterocycles. The minimum absolute atomic E-state index is 0.889. The molecule has 2 nitrogen and oxygen atoms in total. The highest BCUT2D eigenvalue weighted by atomic mass is 79.9. The predicted octanol–water partition coefficient (Wildman–Crippen LogP) is 3.50. The molecule has 0 amide bonds. The van der Waals surface area contributed by atoms with Gasteiger partial charge in [0.2, 0.25) is 0 Å². The summed E-state index contributed by atoms with van der Waals surface area (Å²) in [6.07, 6.45) is 0.998. The average molecular weight is 254 g/mol. The lowest BCUT2D eigenvalue weighted by molar-refractivity contribution is 0.415. The molecule has 14 heavy (non-hydrogen) atoms. The number of fused-ring (bicyclic) bond motifs is 1. The smallest absolute Gasteiger partial charge is 0.119 e. The zero-order valence-electron chi connectivity index (χ0n) is 8.23. The number of aryl methyl sites for hydroxylation is 1. The molecular formula is C11H12BrNO. The summed E-state index contributed by atoms with van der Waals surface area (Å²) in [7, 11) is 1.68. The van der Waals surface area contributed by atoms with Crippen molar-refractivity contribution in [3.8, 4) is 5.75 Å². The van der Waals surface area contributed by atoms with Crippen LogP contribution in [0.1, 0.15) is 12.6 Å². The lowest BCUT2D eigenvalue weighted by Crippen LogP contribution is -1.80. The van der Waals surface area contributed by atoms with Crippen LogP contribution < -0.4 is 4.74 Å². The number of benzene rings is 1. The fourth-order valence-electron chi connectivity index (χ4n) is 1.56. The molecule has 2 rings (SSSR count). The molecule has 1 aromatic carbocycles. The molecule has 0 spiro atoms. The monoisotopic (exact) mass is 253 g/mol. The summed E-state index contributed by atoms with van der Waals surface area (Å²) in [4.78, 5) is 3.36. The summed E-state index contributed by atoms with van der Waals surface area (Å²) in [5, 5.41) is 1.18. The second-order valence-corrected chi connectivity index (χ2v) is 3.98. The quantitative estimate of drug-likeness (QED) is 0.871. The maximum Gasteiger partial charge on any atom is 0.119 e. The third-order valence-electron chi connectivity index (χ3n) is 2.37. The van der Waals surface area contributed by atoms with Gasteiger partial charge < -0.3 is 9.72 Å². The first-order valence-corrected chi connectivity index (χ1v) is 5.39. The summed E-state index contributed by atoms with van der Waals surface area (Å²) in [5.41, 5.74) is 2.38. The second-order valence-electron chi connectivity index (χ2n) is 3.18. The van der Waals surface area contributed by atoms with Gasteiger partial charge in [-0.1, -0.05) is 6.92 Å². The van der Waals surface area contributed by atoms with Gasteiger partial charge in [0.15, 0.2) is 0 Å². The van der Waals surface area contributed by atoms with E-state index in [9.17, 15) is 0 Å². The number of rotatable bonds is 2. The predicted molar refractivity (Wildman–Crippen MR) is 61.9 cm³/mol. The lowest BCUT2D eigenvalue weighted by atomic mass is 10.2. The van der Waals surface area contributed by atoms with E-state index in [1.54, 1.807) is 7.11 Å². The van der Waals surface area contributed by atoms with E-state index in [1.165, 1.54) is 11.1 Å². The minimum Gasteiger partial charge on any atom is -0.497 e. The van der Waals surface area contributed by atoms with Gasteiger partial charge in [0.25, 0.3) is 0 Å². The van der Waals surface area contributed by atoms with Crippen molar-refractivity contribution in [2.45, 2.75) is 13.3 Å². The molecule has 2 aromatic rings. The van der Waals surface area contributed by atoms with Crippen LogP contribution in [0.4, 0.5) is 0 Å². The van der Waals surface area contributed by atoms with Gasteiger partial charge in [-0.05, 0) is 40.5 Å². The molecule has 1 heterocycles. The maximum absolute atomic E-state index is 5.19. The number of methoxy groups -OCH3 is 1. The van der Waals surface area contributed by atoms with Gasteiger partial charge in [-0.2, -0.15) is 0 Å². The molecule has 0 atom stereocenters. The Morgan fingerprint density at radius 2 is 2.21 bits per heavy atom. The van der Waals surface area contributed by atoms with E-state index >= 15 is 0 Å². The van der Waals surface area contributed by atoms with Crippen molar-refractivity contribution in [1.82, 2.24) is 4.98 Å².